The van der Waals surface area contributed by atoms with Crippen molar-refractivity contribution >= 4 is 28.5 Å². The van der Waals surface area contributed by atoms with Crippen LogP contribution in [0.25, 0.3) is 10.9 Å². The standard InChI is InChI=1S/C20H18N4O7/c1-31-20(28)17(8-12-2-5-14(25)6-3-12)22-18(26)10-23-11-21-16-7-4-13(24(29)30)9-15(16)19(23)27/h2-7,9,11,17,25H,8,10H2,1H3,(H,22,26)/t17-/m1/s1. The van der Waals surface area contributed by atoms with Crippen LogP contribution in [0, 0.1) is 10.1 Å². The van der Waals surface area contributed by atoms with Crippen LogP contribution in [0.3, 0.4) is 0 Å². The fourth-order valence-electron chi connectivity index (χ4n) is 2.97. The molecule has 2 aromatic carbocycles. The van der Waals surface area contributed by atoms with E-state index in [1.54, 1.807) is 12.1 Å². The van der Waals surface area contributed by atoms with Gasteiger partial charge in [-0.05, 0) is 23.8 Å². The van der Waals surface area contributed by atoms with E-state index in [1.807, 2.05) is 0 Å². The van der Waals surface area contributed by atoms with Crippen LogP contribution in [0.2, 0.25) is 0 Å². The van der Waals surface area contributed by atoms with Crippen molar-refractivity contribution in [1.82, 2.24) is 14.9 Å². The number of carbonyl (C=O) groups is 2. The number of amides is 1. The zero-order valence-corrected chi connectivity index (χ0v) is 16.3. The maximum atomic E-state index is 12.6. The highest BCUT2D eigenvalue weighted by Crippen LogP contribution is 2.16. The van der Waals surface area contributed by atoms with Crippen molar-refractivity contribution in [3.63, 3.8) is 0 Å². The minimum Gasteiger partial charge on any atom is -0.508 e. The molecule has 3 aromatic rings. The number of benzene rings is 2. The van der Waals surface area contributed by atoms with E-state index in [-0.39, 0.29) is 28.8 Å². The number of non-ortho nitro benzene ring substituents is 1. The van der Waals surface area contributed by atoms with Gasteiger partial charge in [0, 0.05) is 18.6 Å². The molecule has 11 heteroatoms. The molecule has 1 atom stereocenters. The molecule has 0 aliphatic carbocycles. The number of phenolic OH excluding ortho intramolecular Hbond substituents is 1. The van der Waals surface area contributed by atoms with Gasteiger partial charge >= 0.3 is 5.97 Å². The SMILES string of the molecule is COC(=O)[C@@H](Cc1ccc(O)cc1)NC(=O)Cn1cnc2ccc([N+](=O)[O-])cc2c1=O. The second kappa shape index (κ2) is 9.03. The molecular weight excluding hydrogens is 408 g/mol. The molecule has 31 heavy (non-hydrogen) atoms. The van der Waals surface area contributed by atoms with Gasteiger partial charge in [0.15, 0.2) is 0 Å². The Morgan fingerprint density at radius 3 is 2.61 bits per heavy atom. The number of hydrogen-bond acceptors (Lipinski definition) is 8. The highest BCUT2D eigenvalue weighted by Gasteiger charge is 2.22. The van der Waals surface area contributed by atoms with Gasteiger partial charge in [-0.1, -0.05) is 12.1 Å². The molecule has 0 bridgehead atoms. The van der Waals surface area contributed by atoms with Crippen LogP contribution in [0.1, 0.15) is 5.56 Å². The molecule has 1 aromatic heterocycles. The summed E-state index contributed by atoms with van der Waals surface area (Å²) in [7, 11) is 1.18. The summed E-state index contributed by atoms with van der Waals surface area (Å²) < 4.78 is 5.72. The van der Waals surface area contributed by atoms with Crippen LogP contribution >= 0.6 is 0 Å². The van der Waals surface area contributed by atoms with E-state index in [4.69, 9.17) is 4.74 Å². The molecule has 1 heterocycles. The molecular formula is C20H18N4O7. The predicted molar refractivity (Wildman–Crippen MR) is 108 cm³/mol. The van der Waals surface area contributed by atoms with Crippen LogP contribution in [0.5, 0.6) is 5.75 Å². The number of fused-ring (bicyclic) bond motifs is 1. The minimum absolute atomic E-state index is 0.00175. The van der Waals surface area contributed by atoms with Crippen molar-refractivity contribution in [1.29, 1.82) is 0 Å². The first-order valence-corrected chi connectivity index (χ1v) is 9.07. The number of carbonyl (C=O) groups excluding carboxylic acids is 2. The molecule has 0 unspecified atom stereocenters. The number of methoxy groups -OCH3 is 1. The Hall–Kier alpha value is -4.28. The monoisotopic (exact) mass is 426 g/mol. The first-order valence-electron chi connectivity index (χ1n) is 9.07. The number of aromatic hydroxyl groups is 1. The maximum Gasteiger partial charge on any atom is 0.328 e. The Bertz CT molecular complexity index is 1200. The summed E-state index contributed by atoms with van der Waals surface area (Å²) >= 11 is 0. The molecule has 0 radical (unpaired) electrons. The molecule has 160 valence electrons. The summed E-state index contributed by atoms with van der Waals surface area (Å²) in [4.78, 5) is 51.6. The molecule has 0 fully saturated rings. The summed E-state index contributed by atoms with van der Waals surface area (Å²) in [5.41, 5.74) is 0.0302. The largest absolute Gasteiger partial charge is 0.508 e. The quantitative estimate of drug-likeness (QED) is 0.321. The number of nitrogens with one attached hydrogen (secondary N) is 1. The van der Waals surface area contributed by atoms with Crippen LogP contribution < -0.4 is 10.9 Å². The third-order valence-corrected chi connectivity index (χ3v) is 4.53. The summed E-state index contributed by atoms with van der Waals surface area (Å²) in [6.45, 7) is -0.451. The van der Waals surface area contributed by atoms with Crippen LogP contribution in [0.15, 0.2) is 53.6 Å². The summed E-state index contributed by atoms with van der Waals surface area (Å²) in [6, 6.07) is 8.76. The molecule has 0 spiro atoms. The summed E-state index contributed by atoms with van der Waals surface area (Å²) in [5, 5.41) is 22.8. The second-order valence-corrected chi connectivity index (χ2v) is 6.65. The van der Waals surface area contributed by atoms with Gasteiger partial charge in [0.1, 0.15) is 18.3 Å². The smallest absolute Gasteiger partial charge is 0.328 e. The first-order chi connectivity index (χ1) is 14.8. The van der Waals surface area contributed by atoms with Crippen molar-refractivity contribution < 1.29 is 24.4 Å². The van der Waals surface area contributed by atoms with Crippen molar-refractivity contribution in [3.05, 3.63) is 74.8 Å². The minimum atomic E-state index is -1.02. The van der Waals surface area contributed by atoms with Gasteiger partial charge in [-0.25, -0.2) is 9.78 Å². The average molecular weight is 426 g/mol. The predicted octanol–water partition coefficient (Wildman–Crippen LogP) is 0.911. The number of nitro groups is 1. The van der Waals surface area contributed by atoms with Crippen LogP contribution in [0.4, 0.5) is 5.69 Å². The fourth-order valence-corrected chi connectivity index (χ4v) is 2.97. The molecule has 0 saturated carbocycles. The summed E-state index contributed by atoms with van der Waals surface area (Å²) in [6.07, 6.45) is 1.26. The number of nitrogens with zero attached hydrogens (tertiary/aromatic N) is 3. The first kappa shape index (κ1) is 21.4. The lowest BCUT2D eigenvalue weighted by Gasteiger charge is -2.17. The van der Waals surface area contributed by atoms with Gasteiger partial charge in [-0.3, -0.25) is 24.3 Å². The van der Waals surface area contributed by atoms with E-state index < -0.39 is 34.9 Å². The van der Waals surface area contributed by atoms with Crippen LogP contribution in [-0.4, -0.2) is 44.6 Å². The Kier molecular flexibility index (Phi) is 6.24. The normalized spacial score (nSPS) is 11.6. The molecule has 0 aliphatic heterocycles. The van der Waals surface area contributed by atoms with E-state index in [2.05, 4.69) is 10.3 Å². The maximum absolute atomic E-state index is 12.6. The zero-order chi connectivity index (χ0) is 22.5. The van der Waals surface area contributed by atoms with Gasteiger partial charge in [0.2, 0.25) is 5.91 Å². The Labute approximate surface area is 175 Å². The third kappa shape index (κ3) is 5.01. The average Bonchev–Trinajstić information content (AvgIpc) is 2.76. The van der Waals surface area contributed by atoms with Gasteiger partial charge in [0.05, 0.1) is 29.3 Å². The number of ether oxygens (including phenoxy) is 1. The molecule has 0 saturated heterocycles. The van der Waals surface area contributed by atoms with Crippen molar-refractivity contribution in [3.8, 4) is 5.75 Å². The molecule has 1 amide bonds. The van der Waals surface area contributed by atoms with E-state index in [1.165, 1.54) is 31.4 Å². The number of rotatable bonds is 7. The van der Waals surface area contributed by atoms with Gasteiger partial charge in [0.25, 0.3) is 11.2 Å². The highest BCUT2D eigenvalue weighted by atomic mass is 16.6. The number of aromatic nitrogens is 2. The van der Waals surface area contributed by atoms with Crippen LogP contribution in [-0.2, 0) is 27.3 Å². The lowest BCUT2D eigenvalue weighted by molar-refractivity contribution is -0.384. The van der Waals surface area contributed by atoms with E-state index in [0.29, 0.717) is 5.56 Å². The van der Waals surface area contributed by atoms with Gasteiger partial charge in [-0.2, -0.15) is 0 Å². The third-order valence-electron chi connectivity index (χ3n) is 4.53. The fraction of sp³-hybridized carbons (Fsp3) is 0.200. The molecule has 3 rings (SSSR count). The highest BCUT2D eigenvalue weighted by molar-refractivity contribution is 5.85. The Morgan fingerprint density at radius 1 is 1.26 bits per heavy atom. The van der Waals surface area contributed by atoms with Crippen molar-refractivity contribution in [2.75, 3.05) is 7.11 Å². The lowest BCUT2D eigenvalue weighted by atomic mass is 10.1. The molecule has 0 aliphatic rings. The van der Waals surface area contributed by atoms with E-state index >= 15 is 0 Å². The van der Waals surface area contributed by atoms with E-state index in [9.17, 15) is 29.6 Å². The number of esters is 1. The van der Waals surface area contributed by atoms with Gasteiger partial charge < -0.3 is 15.2 Å². The molecule has 11 nitrogen and oxygen atoms in total. The zero-order valence-electron chi connectivity index (χ0n) is 16.3. The lowest BCUT2D eigenvalue weighted by Crippen LogP contribution is -2.45. The van der Waals surface area contributed by atoms with Crippen molar-refractivity contribution in [2.24, 2.45) is 0 Å². The number of nitro benzene ring substituents is 1. The van der Waals surface area contributed by atoms with Gasteiger partial charge in [-0.15, -0.1) is 0 Å². The number of phenols is 1. The number of hydrogen-bond donors (Lipinski definition) is 2. The Balaban J connectivity index is 1.80. The Morgan fingerprint density at radius 2 is 1.97 bits per heavy atom. The van der Waals surface area contributed by atoms with Crippen molar-refractivity contribution in [2.45, 2.75) is 19.0 Å². The topological polar surface area (TPSA) is 154 Å². The molecule has 2 N–H and O–H groups in total. The van der Waals surface area contributed by atoms with E-state index in [0.717, 1.165) is 17.0 Å². The summed E-state index contributed by atoms with van der Waals surface area (Å²) in [5.74, 6) is -1.27. The second-order valence-electron chi connectivity index (χ2n) is 6.65.